The zero-order valence-corrected chi connectivity index (χ0v) is 7.36. The molecule has 0 aromatic carbocycles. The number of aliphatic hydroxyl groups is 1. The summed E-state index contributed by atoms with van der Waals surface area (Å²) in [7, 11) is 0. The van der Waals surface area contributed by atoms with Crippen molar-refractivity contribution >= 4 is 0 Å². The molecule has 0 bridgehead atoms. The van der Waals surface area contributed by atoms with Crippen LogP contribution in [0.2, 0.25) is 0 Å². The Hall–Kier alpha value is -0.930. The highest BCUT2D eigenvalue weighted by Crippen LogP contribution is 2.14. The molecule has 0 saturated heterocycles. The van der Waals surface area contributed by atoms with Crippen LogP contribution >= 0.6 is 0 Å². The van der Waals surface area contributed by atoms with Gasteiger partial charge in [0.25, 0.3) is 0 Å². The Bertz CT molecular complexity index is 260. The predicted molar refractivity (Wildman–Crippen MR) is 47.6 cm³/mol. The molecule has 0 aliphatic rings. The lowest BCUT2D eigenvalue weighted by Gasteiger charge is -2.15. The maximum atomic E-state index is 9.23. The van der Waals surface area contributed by atoms with Crippen molar-refractivity contribution < 1.29 is 5.11 Å². The fraction of sp³-hybridized carbons (Fsp3) is 0.444. The molecular weight excluding hydrogens is 152 g/mol. The van der Waals surface area contributed by atoms with E-state index >= 15 is 0 Å². The molecular formula is C9H14N2O. The molecule has 0 aliphatic carbocycles. The lowest BCUT2D eigenvalue weighted by atomic mass is 10.1. The number of rotatable bonds is 2. The van der Waals surface area contributed by atoms with Gasteiger partial charge >= 0.3 is 0 Å². The predicted octanol–water partition coefficient (Wildman–Crippen LogP) is 0.771. The number of hydrogen-bond donors (Lipinski definition) is 2. The van der Waals surface area contributed by atoms with Crippen LogP contribution in [0.1, 0.15) is 24.2 Å². The molecule has 1 aromatic heterocycles. The molecule has 3 N–H and O–H groups in total. The third kappa shape index (κ3) is 1.81. The van der Waals surface area contributed by atoms with Gasteiger partial charge in [-0.3, -0.25) is 4.98 Å². The van der Waals surface area contributed by atoms with E-state index in [4.69, 9.17) is 5.73 Å². The topological polar surface area (TPSA) is 59.1 Å². The fourth-order valence-electron chi connectivity index (χ4n) is 1.08. The summed E-state index contributed by atoms with van der Waals surface area (Å²) in [6.07, 6.45) is 1.13. The van der Waals surface area contributed by atoms with Gasteiger partial charge in [0.1, 0.15) is 0 Å². The molecule has 1 heterocycles. The van der Waals surface area contributed by atoms with Gasteiger partial charge in [-0.15, -0.1) is 0 Å². The Morgan fingerprint density at radius 2 is 2.25 bits per heavy atom. The second-order valence-corrected chi connectivity index (χ2v) is 2.97. The van der Waals surface area contributed by atoms with E-state index in [0.717, 1.165) is 11.3 Å². The van der Waals surface area contributed by atoms with Gasteiger partial charge in [0.15, 0.2) is 0 Å². The minimum absolute atomic E-state index is 0.383. The van der Waals surface area contributed by atoms with Crippen LogP contribution in [-0.4, -0.2) is 16.2 Å². The largest absolute Gasteiger partial charge is 0.391 e. The van der Waals surface area contributed by atoms with Gasteiger partial charge in [-0.05, 0) is 25.5 Å². The van der Waals surface area contributed by atoms with Crippen molar-refractivity contribution in [2.75, 3.05) is 0 Å². The first kappa shape index (κ1) is 9.16. The molecule has 2 atom stereocenters. The maximum absolute atomic E-state index is 9.23. The van der Waals surface area contributed by atoms with Crippen LogP contribution in [0.15, 0.2) is 18.3 Å². The van der Waals surface area contributed by atoms with E-state index in [1.54, 1.807) is 13.1 Å². The minimum atomic E-state index is -0.557. The Morgan fingerprint density at radius 1 is 1.58 bits per heavy atom. The van der Waals surface area contributed by atoms with E-state index in [9.17, 15) is 5.11 Å². The van der Waals surface area contributed by atoms with Crippen molar-refractivity contribution in [3.8, 4) is 0 Å². The molecule has 0 unspecified atom stereocenters. The van der Waals surface area contributed by atoms with Crippen LogP contribution in [0.5, 0.6) is 0 Å². The van der Waals surface area contributed by atoms with Crippen molar-refractivity contribution in [3.05, 3.63) is 29.6 Å². The van der Waals surface area contributed by atoms with E-state index in [0.29, 0.717) is 0 Å². The zero-order valence-electron chi connectivity index (χ0n) is 7.36. The second kappa shape index (κ2) is 3.65. The van der Waals surface area contributed by atoms with Crippen LogP contribution in [0.3, 0.4) is 0 Å². The van der Waals surface area contributed by atoms with Crippen molar-refractivity contribution in [2.24, 2.45) is 5.73 Å². The summed E-state index contributed by atoms with van der Waals surface area (Å²) in [6, 6.07) is 3.41. The average molecular weight is 166 g/mol. The molecule has 0 radical (unpaired) electrons. The molecule has 0 spiro atoms. The second-order valence-electron chi connectivity index (χ2n) is 2.97. The van der Waals surface area contributed by atoms with Gasteiger partial charge in [0.2, 0.25) is 0 Å². The van der Waals surface area contributed by atoms with E-state index < -0.39 is 6.10 Å². The highest BCUT2D eigenvalue weighted by molar-refractivity contribution is 5.21. The quantitative estimate of drug-likeness (QED) is 0.682. The minimum Gasteiger partial charge on any atom is -0.391 e. The summed E-state index contributed by atoms with van der Waals surface area (Å²) in [5.41, 5.74) is 7.52. The monoisotopic (exact) mass is 166 g/mol. The van der Waals surface area contributed by atoms with Gasteiger partial charge in [-0.2, -0.15) is 0 Å². The average Bonchev–Trinajstić information content (AvgIpc) is 2.04. The van der Waals surface area contributed by atoms with Crippen LogP contribution in [0.4, 0.5) is 0 Å². The van der Waals surface area contributed by atoms with Crippen molar-refractivity contribution in [2.45, 2.75) is 26.0 Å². The first-order valence-electron chi connectivity index (χ1n) is 3.98. The number of hydrogen-bond acceptors (Lipinski definition) is 3. The molecule has 12 heavy (non-hydrogen) atoms. The van der Waals surface area contributed by atoms with Gasteiger partial charge in [0, 0.05) is 6.20 Å². The van der Waals surface area contributed by atoms with Crippen molar-refractivity contribution in [3.63, 3.8) is 0 Å². The lowest BCUT2D eigenvalue weighted by molar-refractivity contribution is 0.162. The van der Waals surface area contributed by atoms with E-state index in [2.05, 4.69) is 4.98 Å². The molecule has 0 fully saturated rings. The van der Waals surface area contributed by atoms with Gasteiger partial charge in [-0.25, -0.2) is 0 Å². The molecule has 1 rings (SSSR count). The summed E-state index contributed by atoms with van der Waals surface area (Å²) in [5.74, 6) is 0. The van der Waals surface area contributed by atoms with Crippen LogP contribution in [-0.2, 0) is 0 Å². The van der Waals surface area contributed by atoms with Crippen LogP contribution in [0, 0.1) is 6.92 Å². The molecule has 0 amide bonds. The van der Waals surface area contributed by atoms with Crippen molar-refractivity contribution in [1.82, 2.24) is 4.98 Å². The SMILES string of the molecule is Cc1cccnc1[C@@H](N)[C@H](C)O. The van der Waals surface area contributed by atoms with Crippen molar-refractivity contribution in [1.29, 1.82) is 0 Å². The normalized spacial score (nSPS) is 15.7. The molecule has 3 heteroatoms. The molecule has 0 aliphatic heterocycles. The summed E-state index contributed by atoms with van der Waals surface area (Å²) in [4.78, 5) is 4.11. The number of aliphatic hydroxyl groups excluding tert-OH is 1. The molecule has 66 valence electrons. The summed E-state index contributed by atoms with van der Waals surface area (Å²) in [5, 5.41) is 9.23. The van der Waals surface area contributed by atoms with E-state index in [-0.39, 0.29) is 6.04 Å². The van der Waals surface area contributed by atoms with E-state index in [1.807, 2.05) is 19.1 Å². The van der Waals surface area contributed by atoms with Gasteiger partial charge in [0.05, 0.1) is 17.8 Å². The van der Waals surface area contributed by atoms with E-state index in [1.165, 1.54) is 0 Å². The summed E-state index contributed by atoms with van der Waals surface area (Å²) in [6.45, 7) is 3.60. The van der Waals surface area contributed by atoms with Gasteiger partial charge in [-0.1, -0.05) is 6.07 Å². The fourth-order valence-corrected chi connectivity index (χ4v) is 1.08. The van der Waals surface area contributed by atoms with Crippen LogP contribution < -0.4 is 5.73 Å². The third-order valence-corrected chi connectivity index (χ3v) is 1.89. The summed E-state index contributed by atoms with van der Waals surface area (Å²) < 4.78 is 0. The Morgan fingerprint density at radius 3 is 2.75 bits per heavy atom. The Kier molecular flexibility index (Phi) is 2.78. The molecule has 3 nitrogen and oxygen atoms in total. The summed E-state index contributed by atoms with van der Waals surface area (Å²) >= 11 is 0. The zero-order chi connectivity index (χ0) is 9.14. The molecule has 1 aromatic rings. The number of aromatic nitrogens is 1. The smallest absolute Gasteiger partial charge is 0.0733 e. The number of pyridine rings is 1. The standard InChI is InChI=1S/C9H14N2O/c1-6-4-3-5-11-9(6)8(10)7(2)12/h3-5,7-8,12H,10H2,1-2H3/t7-,8-/m0/s1. The number of nitrogens with zero attached hydrogens (tertiary/aromatic N) is 1. The first-order valence-corrected chi connectivity index (χ1v) is 3.98. The molecule has 0 saturated carbocycles. The third-order valence-electron chi connectivity index (χ3n) is 1.89. The Labute approximate surface area is 72.2 Å². The highest BCUT2D eigenvalue weighted by atomic mass is 16.3. The number of nitrogens with two attached hydrogens (primary N) is 1. The lowest BCUT2D eigenvalue weighted by Crippen LogP contribution is -2.24. The maximum Gasteiger partial charge on any atom is 0.0733 e. The first-order chi connectivity index (χ1) is 5.63. The van der Waals surface area contributed by atoms with Crippen LogP contribution in [0.25, 0.3) is 0 Å². The Balaban J connectivity index is 2.94. The highest BCUT2D eigenvalue weighted by Gasteiger charge is 2.14. The number of aryl methyl sites for hydroxylation is 1. The van der Waals surface area contributed by atoms with Gasteiger partial charge < -0.3 is 10.8 Å².